The number of carbonyl (C=O) groups is 2. The van der Waals surface area contributed by atoms with Crippen LogP contribution in [-0.4, -0.2) is 72.3 Å². The summed E-state index contributed by atoms with van der Waals surface area (Å²) in [5, 5.41) is 13.3. The number of aryl methyl sites for hydroxylation is 1. The van der Waals surface area contributed by atoms with Crippen molar-refractivity contribution in [3.05, 3.63) is 35.4 Å². The maximum atomic E-state index is 13.0. The molecule has 0 saturated carbocycles. The highest BCUT2D eigenvalue weighted by Crippen LogP contribution is 2.41. The molecule has 0 aromatic heterocycles. The molecule has 2 saturated heterocycles. The summed E-state index contributed by atoms with van der Waals surface area (Å²) >= 11 is 0. The second-order valence-electron chi connectivity index (χ2n) is 6.98. The molecule has 25 heavy (non-hydrogen) atoms. The van der Waals surface area contributed by atoms with Gasteiger partial charge in [-0.15, -0.1) is 0 Å². The van der Waals surface area contributed by atoms with Gasteiger partial charge in [-0.05, 0) is 24.0 Å². The normalized spacial score (nSPS) is 27.6. The fraction of sp³-hybridized carbons (Fsp3) is 0.556. The molecule has 0 radical (unpaired) electrons. The summed E-state index contributed by atoms with van der Waals surface area (Å²) in [6.07, 6.45) is 0.582. The van der Waals surface area contributed by atoms with Crippen LogP contribution < -0.4 is 5.32 Å². The van der Waals surface area contributed by atoms with Gasteiger partial charge in [-0.2, -0.15) is 0 Å². The Bertz CT molecular complexity index is 689. The third-order valence-corrected chi connectivity index (χ3v) is 5.39. The van der Waals surface area contributed by atoms with Gasteiger partial charge in [-0.25, -0.2) is 4.79 Å². The van der Waals surface area contributed by atoms with Crippen molar-refractivity contribution in [1.29, 1.82) is 0 Å². The molecule has 1 aromatic rings. The molecule has 2 atom stereocenters. The molecular formula is C18H23N3O4. The fourth-order valence-electron chi connectivity index (χ4n) is 4.11. The number of hydrogen-bond acceptors (Lipinski definition) is 5. The summed E-state index contributed by atoms with van der Waals surface area (Å²) in [7, 11) is 0. The van der Waals surface area contributed by atoms with Crippen LogP contribution in [0, 0.1) is 0 Å². The van der Waals surface area contributed by atoms with E-state index in [0.717, 1.165) is 30.6 Å². The average molecular weight is 345 g/mol. The quantitative estimate of drug-likeness (QED) is 0.755. The highest BCUT2D eigenvalue weighted by atomic mass is 16.5. The van der Waals surface area contributed by atoms with Gasteiger partial charge in [-0.3, -0.25) is 14.6 Å². The lowest BCUT2D eigenvalue weighted by Crippen LogP contribution is -2.46. The molecule has 2 aliphatic heterocycles. The van der Waals surface area contributed by atoms with E-state index in [1.54, 1.807) is 0 Å². The number of nitrogens with one attached hydrogen (secondary N) is 1. The number of imide groups is 1. The van der Waals surface area contributed by atoms with E-state index in [2.05, 4.69) is 10.2 Å². The number of nitrogens with zero attached hydrogens (tertiary/aromatic N) is 2. The Morgan fingerprint density at radius 3 is 2.76 bits per heavy atom. The van der Waals surface area contributed by atoms with Crippen molar-refractivity contribution in [3.63, 3.8) is 0 Å². The summed E-state index contributed by atoms with van der Waals surface area (Å²) in [5.74, 6) is -0.247. The Hall–Kier alpha value is -1.96. The molecule has 3 amide bonds. The first-order valence-electron chi connectivity index (χ1n) is 8.81. The number of rotatable bonds is 4. The van der Waals surface area contributed by atoms with Crippen LogP contribution in [0.2, 0.25) is 0 Å². The van der Waals surface area contributed by atoms with Crippen LogP contribution in [-0.2, 0) is 21.5 Å². The standard InChI is InChI=1S/C18H23N3O4/c22-14(11-20-7-9-25-10-8-20)12-21-16(23)18(19-17(21)24)6-5-13-3-1-2-4-15(13)18/h1-4,14,22H,5-12H2,(H,19,24)/t14-,18-/m0/s1. The summed E-state index contributed by atoms with van der Waals surface area (Å²) < 4.78 is 5.29. The van der Waals surface area contributed by atoms with E-state index in [9.17, 15) is 14.7 Å². The lowest BCUT2D eigenvalue weighted by atomic mass is 9.92. The molecule has 0 unspecified atom stereocenters. The van der Waals surface area contributed by atoms with Crippen LogP contribution in [0.3, 0.4) is 0 Å². The minimum absolute atomic E-state index is 0.0198. The predicted octanol–water partition coefficient (Wildman–Crippen LogP) is 0.0730. The van der Waals surface area contributed by atoms with Gasteiger partial charge >= 0.3 is 6.03 Å². The van der Waals surface area contributed by atoms with Crippen molar-refractivity contribution >= 4 is 11.9 Å². The number of fused-ring (bicyclic) bond motifs is 2. The van der Waals surface area contributed by atoms with Crippen molar-refractivity contribution in [1.82, 2.24) is 15.1 Å². The monoisotopic (exact) mass is 345 g/mol. The number of ether oxygens (including phenoxy) is 1. The Morgan fingerprint density at radius 1 is 1.20 bits per heavy atom. The Kier molecular flexibility index (Phi) is 4.23. The number of β-amino-alcohol motifs (C(OH)–C–C–N with tert-alkyl or cyclic N) is 1. The van der Waals surface area contributed by atoms with Gasteiger partial charge in [0, 0.05) is 19.6 Å². The van der Waals surface area contributed by atoms with E-state index in [1.807, 2.05) is 24.3 Å². The zero-order chi connectivity index (χ0) is 17.4. The maximum Gasteiger partial charge on any atom is 0.325 e. The van der Waals surface area contributed by atoms with Gasteiger partial charge in [0.05, 0.1) is 25.9 Å². The van der Waals surface area contributed by atoms with E-state index in [0.29, 0.717) is 26.2 Å². The van der Waals surface area contributed by atoms with Gasteiger partial charge < -0.3 is 15.2 Å². The number of hydrogen-bond donors (Lipinski definition) is 2. The molecule has 1 aromatic carbocycles. The van der Waals surface area contributed by atoms with E-state index < -0.39 is 17.7 Å². The molecule has 4 rings (SSSR count). The van der Waals surface area contributed by atoms with Crippen LogP contribution in [0.25, 0.3) is 0 Å². The molecule has 1 spiro atoms. The first kappa shape index (κ1) is 16.5. The highest BCUT2D eigenvalue weighted by Gasteiger charge is 2.55. The van der Waals surface area contributed by atoms with E-state index >= 15 is 0 Å². The summed E-state index contributed by atoms with van der Waals surface area (Å²) in [4.78, 5) is 28.7. The Morgan fingerprint density at radius 2 is 1.96 bits per heavy atom. The first-order valence-corrected chi connectivity index (χ1v) is 8.81. The number of aliphatic hydroxyl groups is 1. The minimum atomic E-state index is -0.952. The Labute approximate surface area is 146 Å². The predicted molar refractivity (Wildman–Crippen MR) is 90.0 cm³/mol. The molecule has 3 aliphatic rings. The molecule has 2 heterocycles. The molecular weight excluding hydrogens is 322 g/mol. The van der Waals surface area contributed by atoms with Crippen molar-refractivity contribution in [2.45, 2.75) is 24.5 Å². The van der Waals surface area contributed by atoms with Gasteiger partial charge in [-0.1, -0.05) is 24.3 Å². The molecule has 1 aliphatic carbocycles. The lowest BCUT2D eigenvalue weighted by molar-refractivity contribution is -0.132. The largest absolute Gasteiger partial charge is 0.390 e. The minimum Gasteiger partial charge on any atom is -0.390 e. The second-order valence-corrected chi connectivity index (χ2v) is 6.98. The third kappa shape index (κ3) is 2.82. The van der Waals surface area contributed by atoms with Gasteiger partial charge in [0.1, 0.15) is 5.54 Å². The number of aliphatic hydroxyl groups excluding tert-OH is 1. The van der Waals surface area contributed by atoms with Crippen LogP contribution in [0.4, 0.5) is 4.79 Å². The summed E-state index contributed by atoms with van der Waals surface area (Å²) in [6, 6.07) is 7.33. The van der Waals surface area contributed by atoms with Gasteiger partial charge in [0.2, 0.25) is 0 Å². The number of carbonyl (C=O) groups excluding carboxylic acids is 2. The maximum absolute atomic E-state index is 13.0. The highest BCUT2D eigenvalue weighted by molar-refractivity contribution is 6.08. The third-order valence-electron chi connectivity index (χ3n) is 5.39. The lowest BCUT2D eigenvalue weighted by Gasteiger charge is -2.29. The fourth-order valence-corrected chi connectivity index (χ4v) is 4.11. The topological polar surface area (TPSA) is 82.1 Å². The molecule has 7 nitrogen and oxygen atoms in total. The van der Waals surface area contributed by atoms with Crippen LogP contribution >= 0.6 is 0 Å². The van der Waals surface area contributed by atoms with Crippen molar-refractivity contribution < 1.29 is 19.4 Å². The van der Waals surface area contributed by atoms with Gasteiger partial charge in [0.25, 0.3) is 5.91 Å². The second kappa shape index (κ2) is 6.40. The molecule has 134 valence electrons. The molecule has 7 heteroatoms. The number of urea groups is 1. The van der Waals surface area contributed by atoms with Crippen molar-refractivity contribution in [2.24, 2.45) is 0 Å². The van der Waals surface area contributed by atoms with Crippen molar-refractivity contribution in [3.8, 4) is 0 Å². The van der Waals surface area contributed by atoms with E-state index in [1.165, 1.54) is 4.90 Å². The van der Waals surface area contributed by atoms with Crippen LogP contribution in [0.5, 0.6) is 0 Å². The van der Waals surface area contributed by atoms with Crippen LogP contribution in [0.1, 0.15) is 17.5 Å². The zero-order valence-corrected chi connectivity index (χ0v) is 14.1. The Balaban J connectivity index is 1.47. The first-order chi connectivity index (χ1) is 12.1. The smallest absolute Gasteiger partial charge is 0.325 e. The number of morpholine rings is 1. The van der Waals surface area contributed by atoms with Crippen LogP contribution in [0.15, 0.2) is 24.3 Å². The SMILES string of the molecule is O=C1N[C@]2(CCc3ccccc32)C(=O)N1C[C@@H](O)CN1CCOCC1. The number of benzene rings is 1. The molecule has 2 N–H and O–H groups in total. The van der Waals surface area contributed by atoms with Gasteiger partial charge in [0.15, 0.2) is 0 Å². The summed E-state index contributed by atoms with van der Waals surface area (Å²) in [5.41, 5.74) is 1.04. The molecule has 2 fully saturated rings. The number of amides is 3. The van der Waals surface area contributed by atoms with E-state index in [4.69, 9.17) is 4.74 Å². The zero-order valence-electron chi connectivity index (χ0n) is 14.1. The van der Waals surface area contributed by atoms with E-state index in [-0.39, 0.29) is 12.5 Å². The summed E-state index contributed by atoms with van der Waals surface area (Å²) in [6.45, 7) is 3.27. The average Bonchev–Trinajstić information content (AvgIpc) is 3.10. The van der Waals surface area contributed by atoms with Crippen molar-refractivity contribution in [2.75, 3.05) is 39.4 Å². The molecule has 0 bridgehead atoms.